The third-order valence-electron chi connectivity index (χ3n) is 2.40. The molecule has 0 aliphatic carbocycles. The van der Waals surface area contributed by atoms with E-state index >= 15 is 0 Å². The highest BCUT2D eigenvalue weighted by Crippen LogP contribution is 2.37. The highest BCUT2D eigenvalue weighted by atomic mass is 35.6. The van der Waals surface area contributed by atoms with Crippen molar-refractivity contribution in [2.24, 2.45) is 0 Å². The van der Waals surface area contributed by atoms with Gasteiger partial charge in [0.2, 0.25) is 3.79 Å². The predicted molar refractivity (Wildman–Crippen MR) is 83.4 cm³/mol. The smallest absolute Gasteiger partial charge is 0.314 e. The van der Waals surface area contributed by atoms with Gasteiger partial charge in [0, 0.05) is 0 Å². The van der Waals surface area contributed by atoms with Crippen LogP contribution >= 0.6 is 34.8 Å². The molecule has 0 bridgehead atoms. The number of carbonyl (C=O) groups is 1. The summed E-state index contributed by atoms with van der Waals surface area (Å²) in [5.41, 5.74) is 0.0589. The van der Waals surface area contributed by atoms with E-state index in [2.05, 4.69) is 0 Å². The lowest BCUT2D eigenvalue weighted by Gasteiger charge is -2.33. The van der Waals surface area contributed by atoms with E-state index in [9.17, 15) is 4.79 Å². The Morgan fingerprint density at radius 1 is 1.21 bits per heavy atom. The first-order chi connectivity index (χ1) is 8.60. The number of benzene rings is 1. The number of hydrogen-bond acceptors (Lipinski definition) is 2. The first-order valence-corrected chi connectivity index (χ1v) is 10.5. The topological polar surface area (TPSA) is 26.3 Å². The molecule has 6 heteroatoms. The third-order valence-corrected chi connectivity index (χ3v) is 5.67. The Bertz CT molecular complexity index is 410. The molecule has 1 radical (unpaired) electrons. The van der Waals surface area contributed by atoms with Gasteiger partial charge in [-0.3, -0.25) is 4.79 Å². The van der Waals surface area contributed by atoms with Crippen LogP contribution in [0.25, 0.3) is 0 Å². The summed E-state index contributed by atoms with van der Waals surface area (Å²) in [5.74, 6) is -0.495. The van der Waals surface area contributed by atoms with Gasteiger partial charge in [0.1, 0.15) is 5.73 Å². The molecule has 1 aromatic rings. The SMILES string of the molecule is C[Si](C)(C)C(OC(=O)[CH]c1ccccc1)C(Cl)(Cl)Cl. The molecule has 1 rings (SSSR count). The highest BCUT2D eigenvalue weighted by Gasteiger charge is 2.45. The minimum atomic E-state index is -1.96. The Balaban J connectivity index is 2.73. The van der Waals surface area contributed by atoms with E-state index in [1.54, 1.807) is 12.1 Å². The van der Waals surface area contributed by atoms with E-state index in [0.29, 0.717) is 0 Å². The molecule has 0 saturated carbocycles. The fourth-order valence-electron chi connectivity index (χ4n) is 1.57. The van der Waals surface area contributed by atoms with Crippen molar-refractivity contribution in [1.82, 2.24) is 0 Å². The molecule has 0 aliphatic rings. The molecule has 2 nitrogen and oxygen atoms in total. The lowest BCUT2D eigenvalue weighted by atomic mass is 10.2. The molecule has 0 saturated heterocycles. The number of rotatable bonds is 4. The number of esters is 1. The van der Waals surface area contributed by atoms with Crippen LogP contribution in [0.15, 0.2) is 30.3 Å². The summed E-state index contributed by atoms with van der Waals surface area (Å²) in [6.45, 7) is 5.94. The number of ether oxygens (including phenoxy) is 1. The molecule has 0 aliphatic heterocycles. The molecule has 1 atom stereocenters. The molecule has 19 heavy (non-hydrogen) atoms. The van der Waals surface area contributed by atoms with E-state index in [1.165, 1.54) is 6.42 Å². The van der Waals surface area contributed by atoms with Crippen molar-refractivity contribution in [3.8, 4) is 0 Å². The standard InChI is InChI=1S/C13H16Cl3O2Si/c1-19(2,3)12(13(14,15)16)18-11(17)9-10-7-5-4-6-8-10/h4-9,12H,1-3H3. The lowest BCUT2D eigenvalue weighted by Crippen LogP contribution is -2.50. The molecule has 105 valence electrons. The van der Waals surface area contributed by atoms with Crippen molar-refractivity contribution in [1.29, 1.82) is 0 Å². The maximum Gasteiger partial charge on any atom is 0.314 e. The zero-order valence-corrected chi connectivity index (χ0v) is 14.3. The lowest BCUT2D eigenvalue weighted by molar-refractivity contribution is -0.141. The van der Waals surface area contributed by atoms with Gasteiger partial charge in [-0.2, -0.15) is 0 Å². The van der Waals surface area contributed by atoms with Crippen LogP contribution < -0.4 is 0 Å². The van der Waals surface area contributed by atoms with Gasteiger partial charge in [0.05, 0.1) is 14.5 Å². The molecule has 0 heterocycles. The Kier molecular flexibility index (Phi) is 5.74. The van der Waals surface area contributed by atoms with Gasteiger partial charge in [-0.15, -0.1) is 0 Å². The van der Waals surface area contributed by atoms with E-state index < -0.39 is 23.6 Å². The van der Waals surface area contributed by atoms with Gasteiger partial charge in [-0.25, -0.2) is 0 Å². The van der Waals surface area contributed by atoms with Crippen LogP contribution in [-0.4, -0.2) is 23.6 Å². The van der Waals surface area contributed by atoms with Crippen LogP contribution in [-0.2, 0) is 9.53 Å². The molecule has 0 amide bonds. The first-order valence-electron chi connectivity index (χ1n) is 5.78. The average Bonchev–Trinajstić information content (AvgIpc) is 2.24. The van der Waals surface area contributed by atoms with E-state index in [1.807, 2.05) is 37.8 Å². The summed E-state index contributed by atoms with van der Waals surface area (Å²) in [4.78, 5) is 11.9. The van der Waals surface area contributed by atoms with E-state index in [-0.39, 0.29) is 0 Å². The van der Waals surface area contributed by atoms with Gasteiger partial charge in [-0.05, 0) is 5.56 Å². The Morgan fingerprint density at radius 2 is 1.74 bits per heavy atom. The number of hydrogen-bond donors (Lipinski definition) is 0. The Labute approximate surface area is 130 Å². The fraction of sp³-hybridized carbons (Fsp3) is 0.385. The minimum Gasteiger partial charge on any atom is -0.461 e. The van der Waals surface area contributed by atoms with Crippen LogP contribution in [0, 0.1) is 6.42 Å². The Morgan fingerprint density at radius 3 is 2.16 bits per heavy atom. The van der Waals surface area contributed by atoms with Crippen LogP contribution in [0.4, 0.5) is 0 Å². The first kappa shape index (κ1) is 16.8. The highest BCUT2D eigenvalue weighted by molar-refractivity contribution is 6.83. The zero-order chi connectivity index (χ0) is 14.7. The van der Waals surface area contributed by atoms with Gasteiger partial charge in [0.15, 0.2) is 0 Å². The monoisotopic (exact) mass is 337 g/mol. The molecule has 1 aromatic carbocycles. The maximum absolute atomic E-state index is 11.9. The average molecular weight is 339 g/mol. The summed E-state index contributed by atoms with van der Waals surface area (Å²) in [6, 6.07) is 9.16. The van der Waals surface area contributed by atoms with E-state index in [4.69, 9.17) is 39.5 Å². The number of alkyl halides is 3. The van der Waals surface area contributed by atoms with Crippen LogP contribution in [0.5, 0.6) is 0 Å². The Hall–Kier alpha value is -0.223. The number of carbonyl (C=O) groups excluding carboxylic acids is 1. The number of halogens is 3. The van der Waals surface area contributed by atoms with Crippen LogP contribution in [0.1, 0.15) is 5.56 Å². The normalized spacial score (nSPS) is 14.0. The second-order valence-corrected chi connectivity index (χ2v) is 12.9. The molecule has 0 aromatic heterocycles. The van der Waals surface area contributed by atoms with E-state index in [0.717, 1.165) is 5.56 Å². The molecule has 0 spiro atoms. The third kappa shape index (κ3) is 5.73. The van der Waals surface area contributed by atoms with Gasteiger partial charge < -0.3 is 4.74 Å². The maximum atomic E-state index is 11.9. The van der Waals surface area contributed by atoms with Crippen molar-refractivity contribution >= 4 is 48.8 Å². The fourth-order valence-corrected chi connectivity index (χ4v) is 6.10. The van der Waals surface area contributed by atoms with Crippen LogP contribution in [0.3, 0.4) is 0 Å². The summed E-state index contributed by atoms with van der Waals surface area (Å²) in [5, 5.41) is 0. The predicted octanol–water partition coefficient (Wildman–Crippen LogP) is 4.40. The molecule has 0 N–H and O–H groups in total. The molecule has 0 fully saturated rings. The summed E-state index contributed by atoms with van der Waals surface area (Å²) in [6.07, 6.45) is 1.39. The molecule has 1 unspecified atom stereocenters. The van der Waals surface area contributed by atoms with Gasteiger partial charge >= 0.3 is 5.97 Å². The minimum absolute atomic E-state index is 0.495. The second kappa shape index (κ2) is 6.49. The summed E-state index contributed by atoms with van der Waals surface area (Å²) < 4.78 is 3.75. The van der Waals surface area contributed by atoms with Crippen molar-refractivity contribution in [2.75, 3.05) is 0 Å². The zero-order valence-electron chi connectivity index (χ0n) is 11.0. The van der Waals surface area contributed by atoms with Crippen molar-refractivity contribution < 1.29 is 9.53 Å². The van der Waals surface area contributed by atoms with Crippen LogP contribution in [0.2, 0.25) is 19.6 Å². The molecular formula is C13H16Cl3O2Si. The molecular weight excluding hydrogens is 323 g/mol. The largest absolute Gasteiger partial charge is 0.461 e. The second-order valence-electron chi connectivity index (χ2n) is 5.28. The summed E-state index contributed by atoms with van der Waals surface area (Å²) >= 11 is 17.7. The summed E-state index contributed by atoms with van der Waals surface area (Å²) in [7, 11) is -1.96. The van der Waals surface area contributed by atoms with Crippen molar-refractivity contribution in [2.45, 2.75) is 29.2 Å². The van der Waals surface area contributed by atoms with Crippen molar-refractivity contribution in [3.63, 3.8) is 0 Å². The van der Waals surface area contributed by atoms with Gasteiger partial charge in [0.25, 0.3) is 0 Å². The quantitative estimate of drug-likeness (QED) is 0.462. The van der Waals surface area contributed by atoms with Gasteiger partial charge in [-0.1, -0.05) is 84.8 Å². The van der Waals surface area contributed by atoms with Crippen molar-refractivity contribution in [3.05, 3.63) is 42.3 Å².